The third-order valence-electron chi connectivity index (χ3n) is 6.07. The van der Waals surface area contributed by atoms with E-state index in [1.165, 1.54) is 22.8 Å². The lowest BCUT2D eigenvalue weighted by atomic mass is 9.61. The molecule has 4 heteroatoms. The predicted molar refractivity (Wildman–Crippen MR) is 132 cm³/mol. The van der Waals surface area contributed by atoms with E-state index in [4.69, 9.17) is 4.11 Å². The Balaban J connectivity index is 1.78. The van der Waals surface area contributed by atoms with Gasteiger partial charge in [-0.2, -0.15) is 0 Å². The van der Waals surface area contributed by atoms with Crippen LogP contribution in [0.4, 0.5) is 22.9 Å². The van der Waals surface area contributed by atoms with Crippen molar-refractivity contribution in [1.82, 2.24) is 4.98 Å². The summed E-state index contributed by atoms with van der Waals surface area (Å²) in [6.07, 6.45) is 1.51. The molecule has 152 valence electrons. The number of para-hydroxylation sites is 3. The van der Waals surface area contributed by atoms with E-state index in [2.05, 4.69) is 89.1 Å². The summed E-state index contributed by atoms with van der Waals surface area (Å²) in [5, 5.41) is 0. The van der Waals surface area contributed by atoms with Gasteiger partial charge >= 0.3 is 6.98 Å². The predicted octanol–water partition coefficient (Wildman–Crippen LogP) is 6.00. The minimum absolute atomic E-state index is 0.175. The molecule has 0 radical (unpaired) electrons. The maximum atomic E-state index is 7.86. The number of rotatable bonds is 3. The molecule has 4 aromatic rings. The van der Waals surface area contributed by atoms with Crippen molar-refractivity contribution in [2.24, 2.45) is 0 Å². The Morgan fingerprint density at radius 2 is 1.35 bits per heavy atom. The van der Waals surface area contributed by atoms with Crippen LogP contribution in [-0.4, -0.2) is 12.0 Å². The van der Waals surface area contributed by atoms with Crippen LogP contribution >= 0.6 is 0 Å². The molecule has 1 aliphatic rings. The highest BCUT2D eigenvalue weighted by Crippen LogP contribution is 2.45. The Morgan fingerprint density at radius 3 is 2.00 bits per heavy atom. The fraction of sp³-hybridized carbons (Fsp3) is 0.148. The summed E-state index contributed by atoms with van der Waals surface area (Å²) in [6.45, 7) is 3.76. The minimum Gasteiger partial charge on any atom is -0.360 e. The van der Waals surface area contributed by atoms with E-state index in [0.29, 0.717) is 5.56 Å². The van der Waals surface area contributed by atoms with Crippen molar-refractivity contribution in [3.63, 3.8) is 0 Å². The summed E-state index contributed by atoms with van der Waals surface area (Å²) < 4.78 is 23.6. The van der Waals surface area contributed by atoms with E-state index < -0.39 is 6.85 Å². The molecule has 0 saturated heterocycles. The monoisotopic (exact) mass is 406 g/mol. The third-order valence-corrected chi connectivity index (χ3v) is 6.07. The molecular formula is C27H26BN3. The average Bonchev–Trinajstić information content (AvgIpc) is 3.13. The van der Waals surface area contributed by atoms with Crippen LogP contribution in [0.5, 0.6) is 0 Å². The minimum atomic E-state index is -2.19. The van der Waals surface area contributed by atoms with E-state index in [9.17, 15) is 0 Å². The number of hydrogen-bond donors (Lipinski definition) is 0. The molecule has 0 aliphatic carbocycles. The van der Waals surface area contributed by atoms with Crippen molar-refractivity contribution in [2.45, 2.75) is 27.6 Å². The summed E-state index contributed by atoms with van der Waals surface area (Å²) in [5.41, 5.74) is 7.79. The zero-order chi connectivity index (χ0) is 24.0. The molecule has 0 bridgehead atoms. The van der Waals surface area contributed by atoms with Gasteiger partial charge in [0, 0.05) is 16.0 Å². The summed E-state index contributed by atoms with van der Waals surface area (Å²) >= 11 is 0. The van der Waals surface area contributed by atoms with E-state index in [0.717, 1.165) is 22.9 Å². The number of aryl methyl sites for hydroxylation is 4. The number of hydrogen-bond acceptors (Lipinski definition) is 3. The Kier molecular flexibility index (Phi) is 3.98. The van der Waals surface area contributed by atoms with Gasteiger partial charge in [-0.25, -0.2) is 4.98 Å². The summed E-state index contributed by atoms with van der Waals surface area (Å²) in [7, 11) is 0. The van der Waals surface area contributed by atoms with Gasteiger partial charge in [-0.3, -0.25) is 0 Å². The van der Waals surface area contributed by atoms with Gasteiger partial charge in [0.1, 0.15) is 5.82 Å². The molecule has 0 atom stereocenters. The summed E-state index contributed by atoms with van der Waals surface area (Å²) in [4.78, 5) is 9.27. The first kappa shape index (κ1) is 16.2. The van der Waals surface area contributed by atoms with Crippen molar-refractivity contribution >= 4 is 35.3 Å². The number of fused-ring (bicyclic) bond motifs is 1. The molecule has 31 heavy (non-hydrogen) atoms. The Bertz CT molecular complexity index is 1330. The quantitative estimate of drug-likeness (QED) is 0.389. The number of anilines is 4. The van der Waals surface area contributed by atoms with Crippen molar-refractivity contribution in [2.75, 3.05) is 9.62 Å². The van der Waals surface area contributed by atoms with Gasteiger partial charge in [0.15, 0.2) is 0 Å². The molecule has 0 fully saturated rings. The van der Waals surface area contributed by atoms with Crippen molar-refractivity contribution in [3.05, 3.63) is 107 Å². The molecule has 3 aromatic carbocycles. The van der Waals surface area contributed by atoms with Crippen LogP contribution in [0.1, 0.15) is 26.4 Å². The molecule has 2 heterocycles. The Hall–Kier alpha value is -3.53. The van der Waals surface area contributed by atoms with Gasteiger partial charge in [-0.1, -0.05) is 59.7 Å². The van der Waals surface area contributed by atoms with E-state index >= 15 is 0 Å². The zero-order valence-corrected chi connectivity index (χ0v) is 18.0. The fourth-order valence-corrected chi connectivity index (χ4v) is 4.53. The highest BCUT2D eigenvalue weighted by atomic mass is 15.3. The number of aromatic nitrogens is 1. The van der Waals surface area contributed by atoms with Crippen LogP contribution in [0.15, 0.2) is 85.1 Å². The van der Waals surface area contributed by atoms with E-state index in [1.807, 2.05) is 25.1 Å². The normalized spacial score (nSPS) is 14.8. The molecule has 1 aliphatic heterocycles. The fourth-order valence-electron chi connectivity index (χ4n) is 4.53. The summed E-state index contributed by atoms with van der Waals surface area (Å²) in [6, 6.07) is 27.0. The largest absolute Gasteiger partial charge is 0.422 e. The van der Waals surface area contributed by atoms with Gasteiger partial charge in [0.2, 0.25) is 0 Å². The topological polar surface area (TPSA) is 19.4 Å². The second-order valence-corrected chi connectivity index (χ2v) is 8.10. The smallest absolute Gasteiger partial charge is 0.360 e. The first-order valence-electron chi connectivity index (χ1n) is 12.0. The second-order valence-electron chi connectivity index (χ2n) is 8.10. The molecule has 0 N–H and O–H groups in total. The Morgan fingerprint density at radius 1 is 0.710 bits per heavy atom. The zero-order valence-electron chi connectivity index (χ0n) is 21.0. The van der Waals surface area contributed by atoms with E-state index in [1.54, 1.807) is 0 Å². The van der Waals surface area contributed by atoms with Crippen LogP contribution in [0.3, 0.4) is 0 Å². The van der Waals surface area contributed by atoms with Gasteiger partial charge in [-0.05, 0) is 74.5 Å². The summed E-state index contributed by atoms with van der Waals surface area (Å²) in [5.74, 6) is 0.726. The SMILES string of the molecule is [2H]C([2H])([2H])c1cnc(N2B(c3c(C)cccc3C)N(c3ccccc3)c3ccccc32)cc1C. The standard InChI is InChI=1S/C27H26BN3/c1-19-11-10-12-20(2)27(19)28-30(23-13-6-5-7-14-23)24-15-8-9-16-25(24)31(28)26-17-21(3)22(4)18-29-26/h5-18H,1-4H3/i4D3. The average molecular weight is 406 g/mol. The Labute approximate surface area is 189 Å². The van der Waals surface area contributed by atoms with Crippen molar-refractivity contribution in [1.29, 1.82) is 0 Å². The van der Waals surface area contributed by atoms with Gasteiger partial charge in [0.05, 0.1) is 11.4 Å². The maximum Gasteiger partial charge on any atom is 0.422 e. The van der Waals surface area contributed by atoms with Crippen LogP contribution < -0.4 is 15.1 Å². The molecular weight excluding hydrogens is 377 g/mol. The molecule has 0 unspecified atom stereocenters. The molecule has 3 nitrogen and oxygen atoms in total. The second kappa shape index (κ2) is 7.62. The highest BCUT2D eigenvalue weighted by Gasteiger charge is 2.45. The van der Waals surface area contributed by atoms with Crippen LogP contribution in [-0.2, 0) is 0 Å². The maximum absolute atomic E-state index is 7.86. The lowest BCUT2D eigenvalue weighted by Crippen LogP contribution is -2.55. The van der Waals surface area contributed by atoms with E-state index in [-0.39, 0.29) is 12.5 Å². The third kappa shape index (κ3) is 3.19. The lowest BCUT2D eigenvalue weighted by molar-refractivity contribution is 1.18. The molecule has 0 amide bonds. The van der Waals surface area contributed by atoms with Crippen molar-refractivity contribution < 1.29 is 4.11 Å². The molecule has 0 saturated carbocycles. The first-order valence-corrected chi connectivity index (χ1v) is 10.5. The molecule has 0 spiro atoms. The van der Waals surface area contributed by atoms with Crippen LogP contribution in [0, 0.1) is 27.6 Å². The highest BCUT2D eigenvalue weighted by molar-refractivity contribution is 6.85. The van der Waals surface area contributed by atoms with Gasteiger partial charge in [-0.15, -0.1) is 0 Å². The lowest BCUT2D eigenvalue weighted by Gasteiger charge is -2.31. The number of nitrogens with zero attached hydrogens (tertiary/aromatic N) is 3. The number of benzene rings is 3. The van der Waals surface area contributed by atoms with Crippen molar-refractivity contribution in [3.8, 4) is 0 Å². The van der Waals surface area contributed by atoms with Gasteiger partial charge < -0.3 is 9.62 Å². The van der Waals surface area contributed by atoms with Gasteiger partial charge in [0.25, 0.3) is 0 Å². The van der Waals surface area contributed by atoms with Crippen LogP contribution in [0.2, 0.25) is 0 Å². The molecule has 5 rings (SSSR count). The molecule has 1 aromatic heterocycles. The number of pyridine rings is 1. The van der Waals surface area contributed by atoms with Crippen LogP contribution in [0.25, 0.3) is 0 Å². The first-order chi connectivity index (χ1) is 16.3.